The van der Waals surface area contributed by atoms with Gasteiger partial charge in [0.25, 0.3) is 0 Å². The lowest BCUT2D eigenvalue weighted by molar-refractivity contribution is -0.154. The molecule has 0 saturated heterocycles. The van der Waals surface area contributed by atoms with Crippen LogP contribution in [0.1, 0.15) is 129 Å². The first-order chi connectivity index (χ1) is 16.7. The van der Waals surface area contributed by atoms with Crippen molar-refractivity contribution in [2.75, 3.05) is 13.2 Å². The van der Waals surface area contributed by atoms with Gasteiger partial charge in [-0.25, -0.2) is 0 Å². The number of ether oxygens (including phenoxy) is 2. The smallest absolute Gasteiger partial charge is 0.0609 e. The van der Waals surface area contributed by atoms with Gasteiger partial charge in [0.2, 0.25) is 0 Å². The van der Waals surface area contributed by atoms with Crippen molar-refractivity contribution in [3.05, 3.63) is 0 Å². The van der Waals surface area contributed by atoms with Gasteiger partial charge in [-0.2, -0.15) is 0 Å². The van der Waals surface area contributed by atoms with Gasteiger partial charge in [0.1, 0.15) is 0 Å². The zero-order valence-electron chi connectivity index (χ0n) is 22.7. The standard InChI is InChI=1S/C32H56O2/c1-3-33-29-19-17-25-11-4-6-13-27(25)31(29)32-28-14-7-5-12-26(28)18-20-30(32)34-22-21-24-10-8-9-23(2)15-16-24/h23-32H,3-22H2,1-2H3. The molecule has 5 saturated carbocycles. The molecule has 10 unspecified atom stereocenters. The van der Waals surface area contributed by atoms with Crippen LogP contribution in [-0.2, 0) is 9.47 Å². The van der Waals surface area contributed by atoms with Crippen LogP contribution in [0.15, 0.2) is 0 Å². The monoisotopic (exact) mass is 472 g/mol. The van der Waals surface area contributed by atoms with Gasteiger partial charge in [-0.3, -0.25) is 0 Å². The summed E-state index contributed by atoms with van der Waals surface area (Å²) in [5.41, 5.74) is 0. The fourth-order valence-corrected chi connectivity index (χ4v) is 9.80. The molecular weight excluding hydrogens is 416 g/mol. The van der Waals surface area contributed by atoms with E-state index in [2.05, 4.69) is 13.8 Å². The first-order valence-corrected chi connectivity index (χ1v) is 16.0. The van der Waals surface area contributed by atoms with Crippen LogP contribution < -0.4 is 0 Å². The topological polar surface area (TPSA) is 18.5 Å². The highest BCUT2D eigenvalue weighted by Gasteiger charge is 2.52. The zero-order valence-corrected chi connectivity index (χ0v) is 22.7. The third-order valence-corrected chi connectivity index (χ3v) is 11.5. The van der Waals surface area contributed by atoms with Crippen molar-refractivity contribution in [3.8, 4) is 0 Å². The third-order valence-electron chi connectivity index (χ3n) is 11.5. The fourth-order valence-electron chi connectivity index (χ4n) is 9.80. The van der Waals surface area contributed by atoms with Crippen LogP contribution in [0.5, 0.6) is 0 Å². The molecule has 0 bridgehead atoms. The van der Waals surface area contributed by atoms with Crippen LogP contribution >= 0.6 is 0 Å². The Hall–Kier alpha value is -0.0800. The lowest BCUT2D eigenvalue weighted by Crippen LogP contribution is -2.53. The summed E-state index contributed by atoms with van der Waals surface area (Å²) in [7, 11) is 0. The Morgan fingerprint density at radius 3 is 1.82 bits per heavy atom. The van der Waals surface area contributed by atoms with E-state index in [1.807, 2.05) is 0 Å². The average Bonchev–Trinajstić information content (AvgIpc) is 3.08. The van der Waals surface area contributed by atoms with E-state index >= 15 is 0 Å². The molecule has 0 aromatic carbocycles. The molecule has 0 radical (unpaired) electrons. The van der Waals surface area contributed by atoms with Crippen LogP contribution in [0.4, 0.5) is 0 Å². The molecule has 0 aromatic rings. The summed E-state index contributed by atoms with van der Waals surface area (Å²) >= 11 is 0. The molecule has 0 aromatic heterocycles. The minimum Gasteiger partial charge on any atom is -0.378 e. The van der Waals surface area contributed by atoms with Crippen molar-refractivity contribution in [2.24, 2.45) is 47.3 Å². The van der Waals surface area contributed by atoms with Crippen molar-refractivity contribution >= 4 is 0 Å². The van der Waals surface area contributed by atoms with Crippen LogP contribution in [0.25, 0.3) is 0 Å². The predicted molar refractivity (Wildman–Crippen MR) is 142 cm³/mol. The molecule has 2 nitrogen and oxygen atoms in total. The van der Waals surface area contributed by atoms with Crippen molar-refractivity contribution in [1.82, 2.24) is 0 Å². The van der Waals surface area contributed by atoms with Crippen LogP contribution in [-0.4, -0.2) is 25.4 Å². The van der Waals surface area contributed by atoms with E-state index in [4.69, 9.17) is 9.47 Å². The van der Waals surface area contributed by atoms with Gasteiger partial charge >= 0.3 is 0 Å². The minimum absolute atomic E-state index is 0.504. The van der Waals surface area contributed by atoms with Gasteiger partial charge in [-0.15, -0.1) is 0 Å². The van der Waals surface area contributed by atoms with Gasteiger partial charge in [0, 0.05) is 13.2 Å². The van der Waals surface area contributed by atoms with Gasteiger partial charge < -0.3 is 9.47 Å². The SMILES string of the molecule is CCOC1CCC2CCCCC2C1C1C(OCCC2CCCC(C)CC2)CCC2CCCCC21. The van der Waals surface area contributed by atoms with E-state index < -0.39 is 0 Å². The summed E-state index contributed by atoms with van der Waals surface area (Å²) in [5, 5.41) is 0. The van der Waals surface area contributed by atoms with Crippen molar-refractivity contribution in [2.45, 2.75) is 142 Å². The maximum atomic E-state index is 7.02. The number of fused-ring (bicyclic) bond motifs is 2. The average molecular weight is 473 g/mol. The normalized spacial score (nSPS) is 45.7. The quantitative estimate of drug-likeness (QED) is 0.345. The summed E-state index contributed by atoms with van der Waals surface area (Å²) in [6.45, 7) is 6.61. The van der Waals surface area contributed by atoms with E-state index in [1.165, 1.54) is 116 Å². The molecule has 5 aliphatic rings. The molecule has 0 aliphatic heterocycles. The van der Waals surface area contributed by atoms with Crippen molar-refractivity contribution in [1.29, 1.82) is 0 Å². The Morgan fingerprint density at radius 2 is 1.18 bits per heavy atom. The molecule has 0 N–H and O–H groups in total. The first kappa shape index (κ1) is 25.6. The number of hydrogen-bond donors (Lipinski definition) is 0. The van der Waals surface area contributed by atoms with Gasteiger partial charge in [-0.1, -0.05) is 77.6 Å². The van der Waals surface area contributed by atoms with Crippen LogP contribution in [0.3, 0.4) is 0 Å². The number of hydrogen-bond acceptors (Lipinski definition) is 2. The Labute approximate surface area is 211 Å². The van der Waals surface area contributed by atoms with E-state index in [1.54, 1.807) is 0 Å². The van der Waals surface area contributed by atoms with E-state index in [0.717, 1.165) is 60.6 Å². The van der Waals surface area contributed by atoms with Crippen LogP contribution in [0, 0.1) is 47.3 Å². The zero-order chi connectivity index (χ0) is 23.3. The Morgan fingerprint density at radius 1 is 0.559 bits per heavy atom. The predicted octanol–water partition coefficient (Wildman–Crippen LogP) is 8.82. The Kier molecular flexibility index (Phi) is 9.36. The highest BCUT2D eigenvalue weighted by atomic mass is 16.5. The largest absolute Gasteiger partial charge is 0.378 e. The van der Waals surface area contributed by atoms with Gasteiger partial charge in [0.15, 0.2) is 0 Å². The second-order valence-corrected chi connectivity index (χ2v) is 13.4. The van der Waals surface area contributed by atoms with E-state index in [9.17, 15) is 0 Å². The molecule has 10 atom stereocenters. The van der Waals surface area contributed by atoms with Crippen LogP contribution in [0.2, 0.25) is 0 Å². The fraction of sp³-hybridized carbons (Fsp3) is 1.00. The lowest BCUT2D eigenvalue weighted by Gasteiger charge is -2.55. The maximum Gasteiger partial charge on any atom is 0.0609 e. The van der Waals surface area contributed by atoms with Gasteiger partial charge in [0.05, 0.1) is 12.2 Å². The molecule has 5 fully saturated rings. The molecule has 34 heavy (non-hydrogen) atoms. The highest BCUT2D eigenvalue weighted by Crippen LogP contribution is 2.55. The summed E-state index contributed by atoms with van der Waals surface area (Å²) < 4.78 is 13.6. The Balaban J connectivity index is 1.31. The molecule has 2 heteroatoms. The summed E-state index contributed by atoms with van der Waals surface area (Å²) in [5.74, 6) is 7.20. The minimum atomic E-state index is 0.504. The Bertz CT molecular complexity index is 604. The first-order valence-electron chi connectivity index (χ1n) is 16.0. The summed E-state index contributed by atoms with van der Waals surface area (Å²) in [6, 6.07) is 0. The molecule has 0 spiro atoms. The maximum absolute atomic E-state index is 7.02. The van der Waals surface area contributed by atoms with E-state index in [-0.39, 0.29) is 0 Å². The second-order valence-electron chi connectivity index (χ2n) is 13.4. The molecule has 0 heterocycles. The summed E-state index contributed by atoms with van der Waals surface area (Å²) in [4.78, 5) is 0. The molecule has 0 amide bonds. The lowest BCUT2D eigenvalue weighted by atomic mass is 9.53. The second kappa shape index (κ2) is 12.4. The van der Waals surface area contributed by atoms with Gasteiger partial charge in [-0.05, 0) is 99.2 Å². The highest BCUT2D eigenvalue weighted by molar-refractivity contribution is 5.01. The molecular formula is C32H56O2. The van der Waals surface area contributed by atoms with E-state index in [0.29, 0.717) is 12.2 Å². The van der Waals surface area contributed by atoms with Crippen molar-refractivity contribution in [3.63, 3.8) is 0 Å². The van der Waals surface area contributed by atoms with Crippen molar-refractivity contribution < 1.29 is 9.47 Å². The summed E-state index contributed by atoms with van der Waals surface area (Å²) in [6.07, 6.45) is 26.9. The molecule has 5 rings (SSSR count). The molecule has 5 aliphatic carbocycles. The third kappa shape index (κ3) is 5.90. The molecule has 196 valence electrons. The number of rotatable bonds is 7.